The second-order valence-electron chi connectivity index (χ2n) is 4.89. The molecule has 88 valence electrons. The van der Waals surface area contributed by atoms with Crippen LogP contribution in [0, 0.1) is 5.92 Å². The molecule has 0 aromatic carbocycles. The third-order valence-electron chi connectivity index (χ3n) is 3.27. The molecule has 0 saturated carbocycles. The zero-order valence-electron chi connectivity index (χ0n) is 11.1. The van der Waals surface area contributed by atoms with E-state index in [4.69, 9.17) is 0 Å². The lowest BCUT2D eigenvalue weighted by Crippen LogP contribution is -2.06. The van der Waals surface area contributed by atoms with Crippen molar-refractivity contribution < 1.29 is 0 Å². The van der Waals surface area contributed by atoms with Crippen molar-refractivity contribution in [2.75, 3.05) is 0 Å². The van der Waals surface area contributed by atoms with Crippen LogP contribution in [-0.2, 0) is 0 Å². The fourth-order valence-corrected chi connectivity index (χ4v) is 2.44. The Kier molecular flexibility index (Phi) is 5.35. The summed E-state index contributed by atoms with van der Waals surface area (Å²) in [5, 5.41) is 0. The summed E-state index contributed by atoms with van der Waals surface area (Å²) >= 11 is 0. The van der Waals surface area contributed by atoms with E-state index in [1.807, 2.05) is 13.0 Å². The molecular weight excluding hydrogens is 192 g/mol. The van der Waals surface area contributed by atoms with Crippen LogP contribution in [0.1, 0.15) is 53.4 Å². The van der Waals surface area contributed by atoms with Crippen LogP contribution in [0.15, 0.2) is 40.7 Å². The molecule has 1 unspecified atom stereocenters. The molecular formula is C16H24. The van der Waals surface area contributed by atoms with Crippen LogP contribution in [-0.4, -0.2) is 0 Å². The van der Waals surface area contributed by atoms with Crippen LogP contribution in [0.4, 0.5) is 0 Å². The van der Waals surface area contributed by atoms with Crippen molar-refractivity contribution >= 4 is 0 Å². The maximum atomic E-state index is 3.23. The Labute approximate surface area is 100 Å². The molecule has 0 saturated heterocycles. The Morgan fingerprint density at radius 3 is 2.88 bits per heavy atom. The average Bonchev–Trinajstić information content (AvgIpc) is 2.21. The lowest BCUT2D eigenvalue weighted by Gasteiger charge is -2.22. The lowest BCUT2D eigenvalue weighted by atomic mass is 9.84. The molecule has 0 nitrogen and oxygen atoms in total. The summed E-state index contributed by atoms with van der Waals surface area (Å²) in [6.45, 7) is 8.65. The first-order chi connectivity index (χ1) is 7.63. The van der Waals surface area contributed by atoms with Crippen LogP contribution in [0.2, 0.25) is 0 Å². The van der Waals surface area contributed by atoms with Gasteiger partial charge in [0.2, 0.25) is 0 Å². The van der Waals surface area contributed by atoms with Crippen molar-refractivity contribution in [3.63, 3.8) is 0 Å². The molecule has 0 aliphatic heterocycles. The number of allylic oxidation sites excluding steroid dienone is 5. The van der Waals surface area contributed by atoms with E-state index < -0.39 is 0 Å². The van der Waals surface area contributed by atoms with E-state index in [9.17, 15) is 0 Å². The molecule has 0 bridgehead atoms. The third kappa shape index (κ3) is 4.24. The predicted octanol–water partition coefficient (Wildman–Crippen LogP) is 5.19. The van der Waals surface area contributed by atoms with E-state index >= 15 is 0 Å². The Hall–Kier alpha value is -1.00. The molecule has 1 aliphatic rings. The highest BCUT2D eigenvalue weighted by Crippen LogP contribution is 2.29. The summed E-state index contributed by atoms with van der Waals surface area (Å²) in [6, 6.07) is 0. The Morgan fingerprint density at radius 1 is 1.50 bits per heavy atom. The van der Waals surface area contributed by atoms with Gasteiger partial charge in [0.05, 0.1) is 0 Å². The lowest BCUT2D eigenvalue weighted by molar-refractivity contribution is 0.506. The summed E-state index contributed by atoms with van der Waals surface area (Å²) < 4.78 is 0. The van der Waals surface area contributed by atoms with Crippen LogP contribution < -0.4 is 0 Å². The van der Waals surface area contributed by atoms with Gasteiger partial charge in [0, 0.05) is 0 Å². The van der Waals surface area contributed by atoms with Gasteiger partial charge >= 0.3 is 0 Å². The molecule has 1 atom stereocenters. The highest BCUT2D eigenvalue weighted by molar-refractivity contribution is 5.22. The molecule has 0 aromatic heterocycles. The van der Waals surface area contributed by atoms with Gasteiger partial charge in [-0.15, -0.1) is 5.73 Å². The highest BCUT2D eigenvalue weighted by Gasteiger charge is 2.14. The minimum atomic E-state index is 0.781. The summed E-state index contributed by atoms with van der Waals surface area (Å²) in [5.41, 5.74) is 7.53. The molecule has 0 aromatic rings. The molecule has 0 amide bonds. The molecule has 1 aliphatic carbocycles. The van der Waals surface area contributed by atoms with E-state index in [1.165, 1.54) is 36.8 Å². The van der Waals surface area contributed by atoms with Crippen molar-refractivity contribution in [3.05, 3.63) is 40.7 Å². The SMILES string of the molecule is CC=C=C(C)C=C(C)CC1CCCC=C1C. The molecule has 0 radical (unpaired) electrons. The van der Waals surface area contributed by atoms with Gasteiger partial charge in [0.1, 0.15) is 0 Å². The summed E-state index contributed by atoms with van der Waals surface area (Å²) in [6.07, 6.45) is 11.9. The van der Waals surface area contributed by atoms with Crippen LogP contribution >= 0.6 is 0 Å². The number of rotatable bonds is 3. The summed E-state index contributed by atoms with van der Waals surface area (Å²) in [4.78, 5) is 0. The Balaban J connectivity index is 2.64. The van der Waals surface area contributed by atoms with E-state index in [0.717, 1.165) is 5.92 Å². The molecule has 0 spiro atoms. The van der Waals surface area contributed by atoms with Gasteiger partial charge in [0.25, 0.3) is 0 Å². The van der Waals surface area contributed by atoms with Crippen LogP contribution in [0.25, 0.3) is 0 Å². The highest BCUT2D eigenvalue weighted by atomic mass is 14.2. The van der Waals surface area contributed by atoms with Gasteiger partial charge in [-0.25, -0.2) is 0 Å². The van der Waals surface area contributed by atoms with E-state index in [0.29, 0.717) is 0 Å². The molecule has 0 fully saturated rings. The minimum absolute atomic E-state index is 0.781. The van der Waals surface area contributed by atoms with Gasteiger partial charge in [-0.05, 0) is 70.9 Å². The van der Waals surface area contributed by atoms with E-state index in [-0.39, 0.29) is 0 Å². The number of hydrogen-bond acceptors (Lipinski definition) is 0. The summed E-state index contributed by atoms with van der Waals surface area (Å²) in [5.74, 6) is 0.781. The first-order valence-corrected chi connectivity index (χ1v) is 6.35. The van der Waals surface area contributed by atoms with Crippen molar-refractivity contribution in [3.8, 4) is 0 Å². The normalized spacial score (nSPS) is 21.1. The smallest absolute Gasteiger partial charge is 0.00954 e. The second kappa shape index (κ2) is 6.55. The topological polar surface area (TPSA) is 0 Å². The maximum Gasteiger partial charge on any atom is -0.00954 e. The standard InChI is InChI=1S/C16H24/c1-5-8-13(2)11-14(3)12-16-10-7-6-9-15(16)4/h5,9,11,16H,6-7,10,12H2,1-4H3. The van der Waals surface area contributed by atoms with Crippen LogP contribution in [0.5, 0.6) is 0 Å². The Morgan fingerprint density at radius 2 is 2.25 bits per heavy atom. The second-order valence-corrected chi connectivity index (χ2v) is 4.89. The van der Waals surface area contributed by atoms with Gasteiger partial charge in [-0.2, -0.15) is 0 Å². The maximum absolute atomic E-state index is 3.23. The third-order valence-corrected chi connectivity index (χ3v) is 3.27. The van der Waals surface area contributed by atoms with Gasteiger partial charge in [-0.1, -0.05) is 23.3 Å². The monoisotopic (exact) mass is 216 g/mol. The van der Waals surface area contributed by atoms with E-state index in [1.54, 1.807) is 5.57 Å². The van der Waals surface area contributed by atoms with Gasteiger partial charge in [-0.3, -0.25) is 0 Å². The van der Waals surface area contributed by atoms with Crippen molar-refractivity contribution in [2.24, 2.45) is 5.92 Å². The minimum Gasteiger partial charge on any atom is -0.122 e. The quantitative estimate of drug-likeness (QED) is 0.346. The molecule has 16 heavy (non-hydrogen) atoms. The molecule has 0 heterocycles. The first-order valence-electron chi connectivity index (χ1n) is 6.35. The molecule has 1 rings (SSSR count). The van der Waals surface area contributed by atoms with Crippen molar-refractivity contribution in [2.45, 2.75) is 53.4 Å². The largest absolute Gasteiger partial charge is 0.122 e. The fourth-order valence-electron chi connectivity index (χ4n) is 2.44. The van der Waals surface area contributed by atoms with Crippen LogP contribution in [0.3, 0.4) is 0 Å². The summed E-state index contributed by atoms with van der Waals surface area (Å²) in [7, 11) is 0. The zero-order chi connectivity index (χ0) is 12.0. The fraction of sp³-hybridized carbons (Fsp3) is 0.562. The van der Waals surface area contributed by atoms with Crippen molar-refractivity contribution in [1.29, 1.82) is 0 Å². The molecule has 0 heteroatoms. The average molecular weight is 216 g/mol. The molecule has 0 N–H and O–H groups in total. The van der Waals surface area contributed by atoms with Gasteiger partial charge in [0.15, 0.2) is 0 Å². The zero-order valence-corrected chi connectivity index (χ0v) is 11.1. The number of hydrogen-bond donors (Lipinski definition) is 0. The first kappa shape index (κ1) is 13.1. The van der Waals surface area contributed by atoms with Gasteiger partial charge < -0.3 is 0 Å². The van der Waals surface area contributed by atoms with E-state index in [2.05, 4.69) is 38.7 Å². The predicted molar refractivity (Wildman–Crippen MR) is 72.4 cm³/mol. The van der Waals surface area contributed by atoms with Crippen molar-refractivity contribution in [1.82, 2.24) is 0 Å². The Bertz CT molecular complexity index is 346.